The molecule has 0 saturated carbocycles. The van der Waals surface area contributed by atoms with Gasteiger partial charge in [0.2, 0.25) is 5.91 Å². The zero-order chi connectivity index (χ0) is 19.1. The molecule has 1 amide bonds. The van der Waals surface area contributed by atoms with E-state index in [1.165, 1.54) is 22.8 Å². The summed E-state index contributed by atoms with van der Waals surface area (Å²) in [5.41, 5.74) is 10.4. The summed E-state index contributed by atoms with van der Waals surface area (Å²) >= 11 is 0. The Morgan fingerprint density at radius 1 is 1.19 bits per heavy atom. The molecule has 0 saturated heterocycles. The molecule has 0 aromatic heterocycles. The van der Waals surface area contributed by atoms with Gasteiger partial charge < -0.3 is 10.6 Å². The molecule has 2 N–H and O–H groups in total. The Labute approximate surface area is 156 Å². The Hall–Kier alpha value is -2.20. The summed E-state index contributed by atoms with van der Waals surface area (Å²) in [7, 11) is 0. The Balaban J connectivity index is 0.00000117. The van der Waals surface area contributed by atoms with Crippen LogP contribution in [0.25, 0.3) is 0 Å². The third kappa shape index (κ3) is 5.15. The number of carbonyl (C=O) groups is 1. The van der Waals surface area contributed by atoms with Crippen molar-refractivity contribution in [2.24, 2.45) is 5.73 Å². The van der Waals surface area contributed by atoms with Gasteiger partial charge in [-0.15, -0.1) is 0 Å². The first-order valence-corrected chi connectivity index (χ1v) is 9.38. The molecule has 140 valence electrons. The van der Waals surface area contributed by atoms with E-state index in [0.29, 0.717) is 18.5 Å². The summed E-state index contributed by atoms with van der Waals surface area (Å²) < 4.78 is 13.7. The summed E-state index contributed by atoms with van der Waals surface area (Å²) in [6.45, 7) is 7.43. The highest BCUT2D eigenvalue weighted by Gasteiger charge is 2.22. The monoisotopic (exact) mass is 356 g/mol. The third-order valence-corrected chi connectivity index (χ3v) is 4.60. The number of hydrogen-bond acceptors (Lipinski definition) is 2. The van der Waals surface area contributed by atoms with Crippen molar-refractivity contribution in [2.45, 2.75) is 52.6 Å². The molecular weight excluding hydrogens is 327 g/mol. The minimum Gasteiger partial charge on any atom is -0.338 e. The largest absolute Gasteiger partial charge is 0.338 e. The van der Waals surface area contributed by atoms with Crippen LogP contribution in [0.3, 0.4) is 0 Å². The Bertz CT molecular complexity index is 745. The molecule has 3 rings (SSSR count). The molecule has 2 aromatic rings. The van der Waals surface area contributed by atoms with Crippen LogP contribution in [-0.4, -0.2) is 23.4 Å². The van der Waals surface area contributed by atoms with Gasteiger partial charge in [0, 0.05) is 25.6 Å². The number of hydrogen-bond donors (Lipinski definition) is 1. The number of benzene rings is 2. The maximum Gasteiger partial charge on any atom is 0.224 e. The van der Waals surface area contributed by atoms with E-state index in [1.54, 1.807) is 18.2 Å². The van der Waals surface area contributed by atoms with Gasteiger partial charge >= 0.3 is 0 Å². The number of aryl methyl sites for hydroxylation is 1. The Kier molecular flexibility index (Phi) is 7.34. The SMILES string of the molecule is CC.Cc1ccc2c(c1)CN(C(=O)CC(N)Cc1ccccc1F)CC2. The number of nitrogens with zero attached hydrogens (tertiary/aromatic N) is 1. The van der Waals surface area contributed by atoms with Crippen LogP contribution in [0.5, 0.6) is 0 Å². The van der Waals surface area contributed by atoms with E-state index in [-0.39, 0.29) is 24.2 Å². The second-order valence-electron chi connectivity index (χ2n) is 6.60. The van der Waals surface area contributed by atoms with Crippen molar-refractivity contribution in [3.8, 4) is 0 Å². The van der Waals surface area contributed by atoms with Crippen LogP contribution in [0.15, 0.2) is 42.5 Å². The molecule has 0 fully saturated rings. The molecule has 1 aliphatic rings. The van der Waals surface area contributed by atoms with Crippen LogP contribution < -0.4 is 5.73 Å². The molecule has 26 heavy (non-hydrogen) atoms. The predicted octanol–water partition coefficient (Wildman–Crippen LogP) is 4.01. The number of fused-ring (bicyclic) bond motifs is 1. The van der Waals surface area contributed by atoms with Gasteiger partial charge in [-0.1, -0.05) is 55.8 Å². The van der Waals surface area contributed by atoms with Crippen molar-refractivity contribution in [3.63, 3.8) is 0 Å². The minimum atomic E-state index is -0.367. The second-order valence-corrected chi connectivity index (χ2v) is 6.60. The van der Waals surface area contributed by atoms with Crippen molar-refractivity contribution in [1.82, 2.24) is 4.90 Å². The van der Waals surface area contributed by atoms with Crippen molar-refractivity contribution < 1.29 is 9.18 Å². The van der Waals surface area contributed by atoms with Crippen molar-refractivity contribution in [2.75, 3.05) is 6.54 Å². The first-order chi connectivity index (χ1) is 12.5. The van der Waals surface area contributed by atoms with Gasteiger partial charge in [0.1, 0.15) is 5.82 Å². The smallest absolute Gasteiger partial charge is 0.224 e. The lowest BCUT2D eigenvalue weighted by molar-refractivity contribution is -0.132. The summed E-state index contributed by atoms with van der Waals surface area (Å²) in [6.07, 6.45) is 1.50. The molecule has 3 nitrogen and oxygen atoms in total. The number of carbonyl (C=O) groups excluding carboxylic acids is 1. The number of amides is 1. The van der Waals surface area contributed by atoms with Crippen LogP contribution in [0, 0.1) is 12.7 Å². The van der Waals surface area contributed by atoms with Crippen LogP contribution in [0.1, 0.15) is 42.5 Å². The van der Waals surface area contributed by atoms with E-state index in [9.17, 15) is 9.18 Å². The van der Waals surface area contributed by atoms with E-state index in [2.05, 4.69) is 25.1 Å². The fourth-order valence-electron chi connectivity index (χ4n) is 3.27. The standard InChI is InChI=1S/C20H23FN2O.C2H6/c1-14-6-7-15-8-9-23(13-17(15)10-14)20(24)12-18(22)11-16-4-2-3-5-19(16)21;1-2/h2-7,10,18H,8-9,11-13,22H2,1H3;1-2H3. The van der Waals surface area contributed by atoms with Gasteiger partial charge in [0.05, 0.1) is 0 Å². The molecule has 1 atom stereocenters. The molecular formula is C22H29FN2O. The lowest BCUT2D eigenvalue weighted by atomic mass is 9.97. The van der Waals surface area contributed by atoms with Gasteiger partial charge in [-0.3, -0.25) is 4.79 Å². The summed E-state index contributed by atoms with van der Waals surface area (Å²) in [5, 5.41) is 0. The summed E-state index contributed by atoms with van der Waals surface area (Å²) in [4.78, 5) is 14.4. The first kappa shape index (κ1) is 20.1. The number of nitrogens with two attached hydrogens (primary N) is 1. The summed E-state index contributed by atoms with van der Waals surface area (Å²) in [6, 6.07) is 12.6. The Morgan fingerprint density at radius 3 is 2.65 bits per heavy atom. The van der Waals surface area contributed by atoms with E-state index in [4.69, 9.17) is 5.73 Å². The second kappa shape index (κ2) is 9.48. The van der Waals surface area contributed by atoms with E-state index >= 15 is 0 Å². The number of halogens is 1. The van der Waals surface area contributed by atoms with Gasteiger partial charge in [-0.25, -0.2) is 4.39 Å². The maximum atomic E-state index is 13.7. The molecule has 0 aliphatic carbocycles. The van der Waals surface area contributed by atoms with Gasteiger partial charge in [0.25, 0.3) is 0 Å². The van der Waals surface area contributed by atoms with Crippen LogP contribution >= 0.6 is 0 Å². The average Bonchev–Trinajstić information content (AvgIpc) is 2.64. The zero-order valence-corrected chi connectivity index (χ0v) is 16.0. The highest BCUT2D eigenvalue weighted by molar-refractivity contribution is 5.77. The zero-order valence-electron chi connectivity index (χ0n) is 16.0. The van der Waals surface area contributed by atoms with E-state index < -0.39 is 0 Å². The van der Waals surface area contributed by atoms with Crippen LogP contribution in [0.4, 0.5) is 4.39 Å². The topological polar surface area (TPSA) is 46.3 Å². The highest BCUT2D eigenvalue weighted by atomic mass is 19.1. The minimum absolute atomic E-state index is 0.0472. The molecule has 1 heterocycles. The van der Waals surface area contributed by atoms with Crippen molar-refractivity contribution in [1.29, 1.82) is 0 Å². The van der Waals surface area contributed by atoms with E-state index in [1.807, 2.05) is 18.7 Å². The first-order valence-electron chi connectivity index (χ1n) is 9.38. The maximum absolute atomic E-state index is 13.7. The van der Waals surface area contributed by atoms with Gasteiger partial charge in [0.15, 0.2) is 0 Å². The molecule has 2 aromatic carbocycles. The van der Waals surface area contributed by atoms with E-state index in [0.717, 1.165) is 13.0 Å². The van der Waals surface area contributed by atoms with Crippen molar-refractivity contribution >= 4 is 5.91 Å². The molecule has 0 radical (unpaired) electrons. The highest BCUT2D eigenvalue weighted by Crippen LogP contribution is 2.21. The lowest BCUT2D eigenvalue weighted by Crippen LogP contribution is -2.39. The quantitative estimate of drug-likeness (QED) is 0.900. The average molecular weight is 356 g/mol. The number of rotatable bonds is 4. The fraction of sp³-hybridized carbons (Fsp3) is 0.409. The van der Waals surface area contributed by atoms with Gasteiger partial charge in [-0.2, -0.15) is 0 Å². The summed E-state index contributed by atoms with van der Waals surface area (Å²) in [5.74, 6) is -0.214. The lowest BCUT2D eigenvalue weighted by Gasteiger charge is -2.30. The molecule has 1 aliphatic heterocycles. The van der Waals surface area contributed by atoms with Crippen LogP contribution in [0.2, 0.25) is 0 Å². The normalized spacial score (nSPS) is 14.1. The van der Waals surface area contributed by atoms with Gasteiger partial charge in [-0.05, 0) is 42.5 Å². The van der Waals surface area contributed by atoms with Crippen LogP contribution in [-0.2, 0) is 24.2 Å². The Morgan fingerprint density at radius 2 is 1.92 bits per heavy atom. The fourth-order valence-corrected chi connectivity index (χ4v) is 3.27. The predicted molar refractivity (Wildman–Crippen MR) is 104 cm³/mol. The van der Waals surface area contributed by atoms with Crippen molar-refractivity contribution in [3.05, 3.63) is 70.5 Å². The molecule has 1 unspecified atom stereocenters. The third-order valence-electron chi connectivity index (χ3n) is 4.60. The molecule has 4 heteroatoms. The molecule has 0 spiro atoms. The molecule has 0 bridgehead atoms.